The van der Waals surface area contributed by atoms with Crippen LogP contribution in [0.4, 0.5) is 5.69 Å². The van der Waals surface area contributed by atoms with Crippen LogP contribution in [0.5, 0.6) is 5.75 Å². The average Bonchev–Trinajstić information content (AvgIpc) is 3.08. The minimum atomic E-state index is -0.582. The van der Waals surface area contributed by atoms with E-state index in [9.17, 15) is 9.59 Å². The summed E-state index contributed by atoms with van der Waals surface area (Å²) in [4.78, 5) is 28.6. The minimum Gasteiger partial charge on any atom is -0.494 e. The van der Waals surface area contributed by atoms with Crippen LogP contribution in [0.1, 0.15) is 40.2 Å². The number of carbonyl (C=O) groups excluding carboxylic acids is 1. The zero-order valence-electron chi connectivity index (χ0n) is 17.3. The molecule has 1 aliphatic heterocycles. The summed E-state index contributed by atoms with van der Waals surface area (Å²) in [5.74, 6) is 0.520. The molecule has 1 atom stereocenters. The van der Waals surface area contributed by atoms with Crippen molar-refractivity contribution in [2.75, 3.05) is 11.5 Å². The van der Waals surface area contributed by atoms with Crippen LogP contribution in [0.25, 0.3) is 11.0 Å². The fourth-order valence-corrected chi connectivity index (χ4v) is 4.12. The SMILES string of the molecule is CCOc1ccc([C@H]2c3c(oc4ccccc4c3=O)C(=O)N2c2ccc(C)cc2)cc1. The van der Waals surface area contributed by atoms with E-state index in [1.54, 1.807) is 29.2 Å². The van der Waals surface area contributed by atoms with Crippen LogP contribution in [-0.2, 0) is 0 Å². The van der Waals surface area contributed by atoms with Crippen molar-refractivity contribution in [2.45, 2.75) is 19.9 Å². The van der Waals surface area contributed by atoms with E-state index in [0.717, 1.165) is 16.9 Å². The summed E-state index contributed by atoms with van der Waals surface area (Å²) in [7, 11) is 0. The van der Waals surface area contributed by atoms with E-state index >= 15 is 0 Å². The Labute approximate surface area is 179 Å². The lowest BCUT2D eigenvalue weighted by Gasteiger charge is -2.25. The van der Waals surface area contributed by atoms with Gasteiger partial charge in [-0.25, -0.2) is 0 Å². The highest BCUT2D eigenvalue weighted by molar-refractivity contribution is 6.10. The lowest BCUT2D eigenvalue weighted by Crippen LogP contribution is -2.29. The van der Waals surface area contributed by atoms with Crippen molar-refractivity contribution >= 4 is 22.6 Å². The van der Waals surface area contributed by atoms with E-state index < -0.39 is 6.04 Å². The van der Waals surface area contributed by atoms with Crippen molar-refractivity contribution in [3.8, 4) is 5.75 Å². The molecule has 5 nitrogen and oxygen atoms in total. The first-order valence-corrected chi connectivity index (χ1v) is 10.3. The third-order valence-corrected chi connectivity index (χ3v) is 5.60. The van der Waals surface area contributed by atoms with Gasteiger partial charge >= 0.3 is 0 Å². The number of ether oxygens (including phenoxy) is 1. The lowest BCUT2D eigenvalue weighted by atomic mass is 9.98. The normalized spacial score (nSPS) is 15.4. The smallest absolute Gasteiger partial charge is 0.295 e. The average molecular weight is 411 g/mol. The predicted molar refractivity (Wildman–Crippen MR) is 120 cm³/mol. The lowest BCUT2D eigenvalue weighted by molar-refractivity contribution is 0.0971. The van der Waals surface area contributed by atoms with E-state index in [1.807, 2.05) is 62.4 Å². The van der Waals surface area contributed by atoms with Crippen molar-refractivity contribution in [2.24, 2.45) is 0 Å². The zero-order valence-corrected chi connectivity index (χ0v) is 17.3. The summed E-state index contributed by atoms with van der Waals surface area (Å²) >= 11 is 0. The number of rotatable bonds is 4. The van der Waals surface area contributed by atoms with Gasteiger partial charge in [-0.2, -0.15) is 0 Å². The number of aryl methyl sites for hydroxylation is 1. The maximum Gasteiger partial charge on any atom is 0.295 e. The highest BCUT2D eigenvalue weighted by Crippen LogP contribution is 2.41. The molecule has 4 aromatic rings. The highest BCUT2D eigenvalue weighted by atomic mass is 16.5. The third-order valence-electron chi connectivity index (χ3n) is 5.60. The summed E-state index contributed by atoms with van der Waals surface area (Å²) in [5, 5.41) is 0.468. The van der Waals surface area contributed by atoms with Gasteiger partial charge in [-0.3, -0.25) is 14.5 Å². The third kappa shape index (κ3) is 3.10. The van der Waals surface area contributed by atoms with E-state index in [4.69, 9.17) is 9.15 Å². The van der Waals surface area contributed by atoms with Gasteiger partial charge in [0.15, 0.2) is 5.43 Å². The summed E-state index contributed by atoms with van der Waals surface area (Å²) < 4.78 is 11.5. The number of fused-ring (bicyclic) bond motifs is 2. The molecule has 0 saturated heterocycles. The van der Waals surface area contributed by atoms with Gasteiger partial charge < -0.3 is 9.15 Å². The summed E-state index contributed by atoms with van der Waals surface area (Å²) in [6, 6.07) is 21.7. The second kappa shape index (κ2) is 7.43. The number of anilines is 1. The first kappa shape index (κ1) is 19.1. The number of nitrogens with zero attached hydrogens (tertiary/aromatic N) is 1. The topological polar surface area (TPSA) is 59.8 Å². The Bertz CT molecular complexity index is 1340. The van der Waals surface area contributed by atoms with Crippen LogP contribution in [-0.4, -0.2) is 12.5 Å². The zero-order chi connectivity index (χ0) is 21.5. The summed E-state index contributed by atoms with van der Waals surface area (Å²) in [5.41, 5.74) is 3.22. The molecule has 0 aliphatic carbocycles. The Morgan fingerprint density at radius 2 is 1.65 bits per heavy atom. The van der Waals surface area contributed by atoms with Gasteiger partial charge in [-0.05, 0) is 55.8 Å². The van der Waals surface area contributed by atoms with Crippen LogP contribution in [0.3, 0.4) is 0 Å². The van der Waals surface area contributed by atoms with Crippen molar-refractivity contribution in [1.29, 1.82) is 0 Å². The molecular formula is C26H21NO4. The molecule has 3 aromatic carbocycles. The molecule has 5 rings (SSSR count). The number of amides is 1. The molecule has 0 bridgehead atoms. The maximum absolute atomic E-state index is 13.5. The molecule has 0 radical (unpaired) electrons. The molecule has 0 saturated carbocycles. The standard InChI is InChI=1S/C26H21NO4/c1-3-30-19-14-10-17(11-15-19)23-22-24(28)20-6-4-5-7-21(20)31-25(22)26(29)27(23)18-12-8-16(2)9-13-18/h4-15,23H,3H2,1-2H3/t23-/m0/s1. The van der Waals surface area contributed by atoms with Crippen molar-refractivity contribution in [3.63, 3.8) is 0 Å². The Balaban J connectivity index is 1.75. The fraction of sp³-hybridized carbons (Fsp3) is 0.154. The molecular weight excluding hydrogens is 390 g/mol. The van der Waals surface area contributed by atoms with Crippen LogP contribution >= 0.6 is 0 Å². The maximum atomic E-state index is 13.5. The monoisotopic (exact) mass is 411 g/mol. The fourth-order valence-electron chi connectivity index (χ4n) is 4.12. The first-order chi connectivity index (χ1) is 15.1. The van der Waals surface area contributed by atoms with E-state index in [0.29, 0.717) is 28.8 Å². The van der Waals surface area contributed by atoms with Gasteiger partial charge in [0.05, 0.1) is 23.6 Å². The first-order valence-electron chi connectivity index (χ1n) is 10.3. The van der Waals surface area contributed by atoms with Gasteiger partial charge in [0.2, 0.25) is 5.76 Å². The Morgan fingerprint density at radius 1 is 0.935 bits per heavy atom. The highest BCUT2D eigenvalue weighted by Gasteiger charge is 2.43. The number of carbonyl (C=O) groups is 1. The van der Waals surface area contributed by atoms with Crippen LogP contribution in [0.2, 0.25) is 0 Å². The van der Waals surface area contributed by atoms with Crippen molar-refractivity contribution < 1.29 is 13.9 Å². The van der Waals surface area contributed by atoms with E-state index in [-0.39, 0.29) is 17.1 Å². The Morgan fingerprint density at radius 3 is 2.35 bits per heavy atom. The van der Waals surface area contributed by atoms with Crippen LogP contribution in [0, 0.1) is 6.92 Å². The Hall–Kier alpha value is -3.86. The molecule has 1 amide bonds. The molecule has 0 fully saturated rings. The molecule has 0 spiro atoms. The van der Waals surface area contributed by atoms with Crippen molar-refractivity contribution in [3.05, 3.63) is 105 Å². The van der Waals surface area contributed by atoms with Gasteiger partial charge in [-0.15, -0.1) is 0 Å². The largest absolute Gasteiger partial charge is 0.494 e. The van der Waals surface area contributed by atoms with E-state index in [1.165, 1.54) is 0 Å². The van der Waals surface area contributed by atoms with Crippen LogP contribution in [0.15, 0.2) is 82.0 Å². The number of hydrogen-bond acceptors (Lipinski definition) is 4. The predicted octanol–water partition coefficient (Wildman–Crippen LogP) is 5.25. The molecule has 154 valence electrons. The molecule has 0 N–H and O–H groups in total. The van der Waals surface area contributed by atoms with E-state index in [2.05, 4.69) is 0 Å². The quantitative estimate of drug-likeness (QED) is 0.460. The molecule has 2 heterocycles. The Kier molecular flexibility index (Phi) is 4.59. The summed E-state index contributed by atoms with van der Waals surface area (Å²) in [6.45, 7) is 4.48. The number of hydrogen-bond donors (Lipinski definition) is 0. The van der Waals surface area contributed by atoms with Gasteiger partial charge in [0, 0.05) is 5.69 Å². The van der Waals surface area contributed by atoms with Gasteiger partial charge in [0.1, 0.15) is 11.3 Å². The molecule has 0 unspecified atom stereocenters. The van der Waals surface area contributed by atoms with Crippen molar-refractivity contribution in [1.82, 2.24) is 0 Å². The molecule has 1 aromatic heterocycles. The molecule has 31 heavy (non-hydrogen) atoms. The number of para-hydroxylation sites is 1. The number of benzene rings is 3. The van der Waals surface area contributed by atoms with Gasteiger partial charge in [-0.1, -0.05) is 42.0 Å². The second-order valence-corrected chi connectivity index (χ2v) is 7.59. The van der Waals surface area contributed by atoms with Gasteiger partial charge in [0.25, 0.3) is 5.91 Å². The second-order valence-electron chi connectivity index (χ2n) is 7.59. The molecule has 1 aliphatic rings. The summed E-state index contributed by atoms with van der Waals surface area (Å²) in [6.07, 6.45) is 0. The molecule has 5 heteroatoms. The van der Waals surface area contributed by atoms with Crippen LogP contribution < -0.4 is 15.1 Å². The minimum absolute atomic E-state index is 0.100.